The fourth-order valence-corrected chi connectivity index (χ4v) is 3.98. The van der Waals surface area contributed by atoms with Crippen molar-refractivity contribution in [2.75, 3.05) is 31.1 Å². The van der Waals surface area contributed by atoms with Gasteiger partial charge in [-0.25, -0.2) is 0 Å². The maximum Gasteiger partial charge on any atom is 0.303 e. The molecule has 2 rings (SSSR count). The Hall–Kier alpha value is -0.220. The van der Waals surface area contributed by atoms with Gasteiger partial charge in [0.2, 0.25) is 0 Å². The van der Waals surface area contributed by atoms with Crippen molar-refractivity contribution in [2.24, 2.45) is 11.8 Å². The van der Waals surface area contributed by atoms with Crippen LogP contribution in [0.2, 0.25) is 0 Å². The van der Waals surface area contributed by atoms with E-state index in [2.05, 4.69) is 16.7 Å². The average molecular weight is 243 g/mol. The zero-order chi connectivity index (χ0) is 11.4. The summed E-state index contributed by atoms with van der Waals surface area (Å²) in [4.78, 5) is 13.1. The van der Waals surface area contributed by atoms with Crippen LogP contribution in [0.5, 0.6) is 0 Å². The van der Waals surface area contributed by atoms with E-state index in [0.29, 0.717) is 12.3 Å². The molecule has 2 fully saturated rings. The molecule has 0 radical (unpaired) electrons. The van der Waals surface area contributed by atoms with Gasteiger partial charge in [-0.2, -0.15) is 11.8 Å². The van der Waals surface area contributed by atoms with Crippen molar-refractivity contribution in [3.63, 3.8) is 0 Å². The van der Waals surface area contributed by atoms with Gasteiger partial charge in [-0.1, -0.05) is 0 Å². The van der Waals surface area contributed by atoms with Crippen LogP contribution < -0.4 is 0 Å². The van der Waals surface area contributed by atoms with Gasteiger partial charge < -0.3 is 10.0 Å². The van der Waals surface area contributed by atoms with Crippen molar-refractivity contribution in [3.05, 3.63) is 0 Å². The van der Waals surface area contributed by atoms with E-state index in [4.69, 9.17) is 5.11 Å². The maximum atomic E-state index is 10.6. The van der Waals surface area contributed by atoms with Crippen molar-refractivity contribution >= 4 is 17.7 Å². The third kappa shape index (κ3) is 3.67. The van der Waals surface area contributed by atoms with Crippen molar-refractivity contribution in [3.8, 4) is 0 Å². The van der Waals surface area contributed by atoms with Crippen LogP contribution in [-0.2, 0) is 4.79 Å². The number of rotatable bonds is 4. The Morgan fingerprint density at radius 3 is 2.56 bits per heavy atom. The van der Waals surface area contributed by atoms with Crippen LogP contribution in [0.1, 0.15) is 25.7 Å². The molecule has 0 saturated carbocycles. The number of thioether (sulfide) groups is 1. The molecule has 3 nitrogen and oxygen atoms in total. The number of likely N-dealkylation sites (tertiary alicyclic amines) is 1. The molecule has 1 atom stereocenters. The molecule has 2 saturated heterocycles. The summed E-state index contributed by atoms with van der Waals surface area (Å²) in [5, 5.41) is 8.75. The molecule has 2 aliphatic rings. The highest BCUT2D eigenvalue weighted by atomic mass is 32.2. The summed E-state index contributed by atoms with van der Waals surface area (Å²) < 4.78 is 0. The van der Waals surface area contributed by atoms with E-state index in [1.807, 2.05) is 0 Å². The Bertz CT molecular complexity index is 233. The summed E-state index contributed by atoms with van der Waals surface area (Å²) in [5.41, 5.74) is 0. The zero-order valence-electron chi connectivity index (χ0n) is 9.73. The molecule has 0 bridgehead atoms. The standard InChI is InChI=1S/C12H21NO2S/c14-12(15)7-10-1-4-13(5-2-10)8-11-3-6-16-9-11/h10-11H,1-9H2,(H,14,15). The molecule has 1 unspecified atom stereocenters. The minimum atomic E-state index is -0.634. The second-order valence-corrected chi connectivity index (χ2v) is 6.22. The third-order valence-electron chi connectivity index (χ3n) is 3.71. The smallest absolute Gasteiger partial charge is 0.303 e. The number of carboxylic acids is 1. The lowest BCUT2D eigenvalue weighted by atomic mass is 9.93. The molecule has 2 heterocycles. The summed E-state index contributed by atoms with van der Waals surface area (Å²) in [6.07, 6.45) is 3.89. The van der Waals surface area contributed by atoms with E-state index in [1.54, 1.807) is 0 Å². The zero-order valence-corrected chi connectivity index (χ0v) is 10.5. The van der Waals surface area contributed by atoms with Crippen LogP contribution in [0, 0.1) is 11.8 Å². The number of aliphatic carboxylic acids is 1. The quantitative estimate of drug-likeness (QED) is 0.819. The Labute approximate surface area is 102 Å². The van der Waals surface area contributed by atoms with Crippen LogP contribution in [-0.4, -0.2) is 47.1 Å². The van der Waals surface area contributed by atoms with E-state index in [-0.39, 0.29) is 0 Å². The molecule has 0 aromatic heterocycles. The van der Waals surface area contributed by atoms with Gasteiger partial charge in [-0.05, 0) is 55.7 Å². The summed E-state index contributed by atoms with van der Waals surface area (Å²) in [6.45, 7) is 3.46. The Kier molecular flexibility index (Phi) is 4.53. The molecular weight excluding hydrogens is 222 g/mol. The van der Waals surface area contributed by atoms with Gasteiger partial charge >= 0.3 is 5.97 Å². The van der Waals surface area contributed by atoms with Crippen LogP contribution in [0.3, 0.4) is 0 Å². The molecule has 92 valence electrons. The highest BCUT2D eigenvalue weighted by Gasteiger charge is 2.24. The van der Waals surface area contributed by atoms with Crippen molar-refractivity contribution < 1.29 is 9.90 Å². The van der Waals surface area contributed by atoms with E-state index in [0.717, 1.165) is 31.8 Å². The van der Waals surface area contributed by atoms with Crippen LogP contribution in [0.15, 0.2) is 0 Å². The lowest BCUT2D eigenvalue weighted by Crippen LogP contribution is -2.37. The molecular formula is C12H21NO2S. The number of carboxylic acid groups (broad SMARTS) is 1. The van der Waals surface area contributed by atoms with Crippen molar-refractivity contribution in [1.29, 1.82) is 0 Å². The van der Waals surface area contributed by atoms with Crippen molar-refractivity contribution in [1.82, 2.24) is 4.90 Å². The first-order chi connectivity index (χ1) is 7.74. The fourth-order valence-electron chi connectivity index (χ4n) is 2.71. The molecule has 0 aromatic rings. The second kappa shape index (κ2) is 5.92. The minimum absolute atomic E-state index is 0.368. The summed E-state index contributed by atoms with van der Waals surface area (Å²) in [5.74, 6) is 3.34. The predicted molar refractivity (Wildman–Crippen MR) is 66.8 cm³/mol. The number of carbonyl (C=O) groups is 1. The topological polar surface area (TPSA) is 40.5 Å². The van der Waals surface area contributed by atoms with E-state index >= 15 is 0 Å². The molecule has 0 aliphatic carbocycles. The average Bonchev–Trinajstić information content (AvgIpc) is 2.73. The van der Waals surface area contributed by atoms with Crippen LogP contribution in [0.25, 0.3) is 0 Å². The third-order valence-corrected chi connectivity index (χ3v) is 4.94. The molecule has 2 aliphatic heterocycles. The number of hydrogen-bond acceptors (Lipinski definition) is 3. The van der Waals surface area contributed by atoms with Gasteiger partial charge in [0.05, 0.1) is 0 Å². The van der Waals surface area contributed by atoms with E-state index in [1.165, 1.54) is 24.5 Å². The van der Waals surface area contributed by atoms with Crippen molar-refractivity contribution in [2.45, 2.75) is 25.7 Å². The first-order valence-electron chi connectivity index (χ1n) is 6.26. The summed E-state index contributed by atoms with van der Waals surface area (Å²) >= 11 is 2.08. The van der Waals surface area contributed by atoms with E-state index < -0.39 is 5.97 Å². The number of hydrogen-bond donors (Lipinski definition) is 1. The molecule has 4 heteroatoms. The van der Waals surface area contributed by atoms with Crippen LogP contribution >= 0.6 is 11.8 Å². The fraction of sp³-hybridized carbons (Fsp3) is 0.917. The largest absolute Gasteiger partial charge is 0.481 e. The Balaban J connectivity index is 1.66. The van der Waals surface area contributed by atoms with Gasteiger partial charge in [0.25, 0.3) is 0 Å². The number of nitrogens with zero attached hydrogens (tertiary/aromatic N) is 1. The molecule has 16 heavy (non-hydrogen) atoms. The SMILES string of the molecule is O=C(O)CC1CCN(CC2CCSC2)CC1. The predicted octanol–water partition coefficient (Wildman–Crippen LogP) is 1.93. The second-order valence-electron chi connectivity index (χ2n) is 5.07. The molecule has 0 aromatic carbocycles. The highest BCUT2D eigenvalue weighted by Crippen LogP contribution is 2.26. The van der Waals surface area contributed by atoms with Gasteiger partial charge in [-0.15, -0.1) is 0 Å². The first kappa shape index (κ1) is 12.2. The maximum absolute atomic E-state index is 10.6. The lowest BCUT2D eigenvalue weighted by Gasteiger charge is -2.32. The Morgan fingerprint density at radius 1 is 1.25 bits per heavy atom. The first-order valence-corrected chi connectivity index (χ1v) is 7.41. The normalized spacial score (nSPS) is 28.4. The highest BCUT2D eigenvalue weighted by molar-refractivity contribution is 7.99. The monoisotopic (exact) mass is 243 g/mol. The summed E-state index contributed by atoms with van der Waals surface area (Å²) in [7, 11) is 0. The number of piperidine rings is 1. The van der Waals surface area contributed by atoms with Crippen LogP contribution in [0.4, 0.5) is 0 Å². The van der Waals surface area contributed by atoms with E-state index in [9.17, 15) is 4.79 Å². The molecule has 0 spiro atoms. The van der Waals surface area contributed by atoms with Gasteiger partial charge in [0, 0.05) is 13.0 Å². The minimum Gasteiger partial charge on any atom is -0.481 e. The Morgan fingerprint density at radius 2 is 2.00 bits per heavy atom. The van der Waals surface area contributed by atoms with Gasteiger partial charge in [0.15, 0.2) is 0 Å². The van der Waals surface area contributed by atoms with Gasteiger partial charge in [-0.3, -0.25) is 4.79 Å². The van der Waals surface area contributed by atoms with Gasteiger partial charge in [0.1, 0.15) is 0 Å². The summed E-state index contributed by atoms with van der Waals surface area (Å²) in [6, 6.07) is 0. The molecule has 0 amide bonds. The lowest BCUT2D eigenvalue weighted by molar-refractivity contribution is -0.138. The molecule has 1 N–H and O–H groups in total.